The number of aliphatic hydroxyl groups excluding tert-OH is 1. The Bertz CT molecular complexity index is 609. The van der Waals surface area contributed by atoms with Crippen molar-refractivity contribution in [3.63, 3.8) is 0 Å². The number of aromatic carboxylic acids is 1. The molecular formula is C11H9NO5. The fourth-order valence-corrected chi connectivity index (χ4v) is 2.01. The highest BCUT2D eigenvalue weighted by Crippen LogP contribution is 2.40. The molecule has 1 aliphatic carbocycles. The van der Waals surface area contributed by atoms with Gasteiger partial charge in [-0.1, -0.05) is 0 Å². The lowest BCUT2D eigenvalue weighted by Crippen LogP contribution is -2.07. The predicted molar refractivity (Wildman–Crippen MR) is 54.6 cm³/mol. The zero-order chi connectivity index (χ0) is 12.2. The summed E-state index contributed by atoms with van der Waals surface area (Å²) < 4.78 is 10.5. The molecule has 1 unspecified atom stereocenters. The Morgan fingerprint density at radius 2 is 2.29 bits per heavy atom. The molecule has 17 heavy (non-hydrogen) atoms. The number of carboxylic acids is 1. The Labute approximate surface area is 95.5 Å². The smallest absolute Gasteiger partial charge is 0.371 e. The molecule has 0 saturated carbocycles. The van der Waals surface area contributed by atoms with E-state index in [2.05, 4.69) is 4.98 Å². The largest absolute Gasteiger partial charge is 0.475 e. The second-order valence-electron chi connectivity index (χ2n) is 3.92. The first-order valence-corrected chi connectivity index (χ1v) is 5.08. The van der Waals surface area contributed by atoms with Crippen molar-refractivity contribution in [1.82, 2.24) is 4.98 Å². The quantitative estimate of drug-likeness (QED) is 0.777. The number of oxazole rings is 1. The van der Waals surface area contributed by atoms with Crippen LogP contribution in [0.15, 0.2) is 14.9 Å². The molecule has 0 bridgehead atoms. The maximum Gasteiger partial charge on any atom is 0.371 e. The molecule has 0 fully saturated rings. The molecule has 6 nitrogen and oxygen atoms in total. The van der Waals surface area contributed by atoms with E-state index in [1.54, 1.807) is 6.92 Å². The van der Waals surface area contributed by atoms with E-state index in [1.165, 1.54) is 6.07 Å². The van der Waals surface area contributed by atoms with Crippen molar-refractivity contribution in [3.05, 3.63) is 29.0 Å². The highest BCUT2D eigenvalue weighted by atomic mass is 16.4. The van der Waals surface area contributed by atoms with Crippen molar-refractivity contribution in [2.24, 2.45) is 0 Å². The molecule has 0 saturated heterocycles. The van der Waals surface area contributed by atoms with Crippen molar-refractivity contribution >= 4 is 5.97 Å². The van der Waals surface area contributed by atoms with Crippen molar-refractivity contribution in [3.8, 4) is 11.5 Å². The van der Waals surface area contributed by atoms with Crippen molar-refractivity contribution < 1.29 is 23.8 Å². The Kier molecular flexibility index (Phi) is 1.90. The van der Waals surface area contributed by atoms with Gasteiger partial charge >= 0.3 is 5.97 Å². The van der Waals surface area contributed by atoms with Gasteiger partial charge in [-0.15, -0.1) is 0 Å². The van der Waals surface area contributed by atoms with E-state index in [9.17, 15) is 9.90 Å². The highest BCUT2D eigenvalue weighted by Gasteiger charge is 2.32. The summed E-state index contributed by atoms with van der Waals surface area (Å²) in [5, 5.41) is 18.7. The number of carboxylic acid groups (broad SMARTS) is 1. The van der Waals surface area contributed by atoms with Gasteiger partial charge in [0, 0.05) is 18.9 Å². The predicted octanol–water partition coefficient (Wildman–Crippen LogP) is 1.53. The molecule has 0 aromatic carbocycles. The fourth-order valence-electron chi connectivity index (χ4n) is 2.01. The molecule has 2 aromatic rings. The lowest BCUT2D eigenvalue weighted by atomic mass is 9.97. The number of rotatable bonds is 1. The zero-order valence-electron chi connectivity index (χ0n) is 8.93. The molecule has 1 aliphatic rings. The summed E-state index contributed by atoms with van der Waals surface area (Å²) in [5.74, 6) is -0.110. The average molecular weight is 235 g/mol. The van der Waals surface area contributed by atoms with Gasteiger partial charge in [0.15, 0.2) is 11.7 Å². The number of hydrogen-bond donors (Lipinski definition) is 2. The van der Waals surface area contributed by atoms with Crippen LogP contribution in [0.2, 0.25) is 0 Å². The zero-order valence-corrected chi connectivity index (χ0v) is 8.93. The minimum atomic E-state index is -1.17. The number of carbonyl (C=O) groups is 1. The minimum absolute atomic E-state index is 0.206. The maximum atomic E-state index is 10.8. The summed E-state index contributed by atoms with van der Waals surface area (Å²) in [7, 11) is 0. The molecular weight excluding hydrogens is 226 g/mol. The van der Waals surface area contributed by atoms with Crippen molar-refractivity contribution in [1.29, 1.82) is 0 Å². The van der Waals surface area contributed by atoms with Crippen LogP contribution in [-0.2, 0) is 6.42 Å². The van der Waals surface area contributed by atoms with Crippen LogP contribution < -0.4 is 0 Å². The monoisotopic (exact) mass is 235 g/mol. The summed E-state index contributed by atoms with van der Waals surface area (Å²) >= 11 is 0. The molecule has 2 aromatic heterocycles. The van der Waals surface area contributed by atoms with Gasteiger partial charge in [-0.05, 0) is 6.07 Å². The molecule has 0 radical (unpaired) electrons. The van der Waals surface area contributed by atoms with Gasteiger partial charge < -0.3 is 19.0 Å². The van der Waals surface area contributed by atoms with Gasteiger partial charge in [0.25, 0.3) is 0 Å². The van der Waals surface area contributed by atoms with Gasteiger partial charge in [-0.25, -0.2) is 9.78 Å². The van der Waals surface area contributed by atoms with Gasteiger partial charge in [-0.2, -0.15) is 0 Å². The standard InChI is InChI=1S/C11H9NO5/c1-4-12-9-7(16-4)3-6(13)5-2-8(11(14)15)17-10(5)9/h2,6,13H,3H2,1H3,(H,14,15). The Hall–Kier alpha value is -2.08. The third kappa shape index (κ3) is 1.38. The van der Waals surface area contributed by atoms with Crippen LogP contribution in [0.1, 0.15) is 33.9 Å². The lowest BCUT2D eigenvalue weighted by molar-refractivity contribution is 0.0663. The summed E-state index contributed by atoms with van der Waals surface area (Å²) in [4.78, 5) is 15.0. The summed E-state index contributed by atoms with van der Waals surface area (Å²) in [6.45, 7) is 1.69. The average Bonchev–Trinajstić information content (AvgIpc) is 2.80. The number of aryl methyl sites for hydroxylation is 1. The topological polar surface area (TPSA) is 96.7 Å². The first-order chi connectivity index (χ1) is 8.06. The normalized spacial score (nSPS) is 17.6. The minimum Gasteiger partial charge on any atom is -0.475 e. The molecule has 88 valence electrons. The number of nitrogens with zero attached hydrogens (tertiary/aromatic N) is 1. The Morgan fingerprint density at radius 1 is 1.53 bits per heavy atom. The van der Waals surface area contributed by atoms with Crippen molar-refractivity contribution in [2.75, 3.05) is 0 Å². The van der Waals surface area contributed by atoms with Gasteiger partial charge in [0.05, 0.1) is 6.10 Å². The first kappa shape index (κ1) is 10.1. The maximum absolute atomic E-state index is 10.8. The Morgan fingerprint density at radius 3 is 3.00 bits per heavy atom. The van der Waals surface area contributed by atoms with Gasteiger partial charge in [0.1, 0.15) is 11.5 Å². The van der Waals surface area contributed by atoms with Crippen LogP contribution in [0, 0.1) is 6.92 Å². The van der Waals surface area contributed by atoms with Gasteiger partial charge in [0.2, 0.25) is 5.76 Å². The summed E-state index contributed by atoms with van der Waals surface area (Å²) in [5.41, 5.74) is 0.929. The van der Waals surface area contributed by atoms with E-state index in [0.29, 0.717) is 22.9 Å². The SMILES string of the molecule is Cc1nc2c(o1)CC(O)c1cc(C(=O)O)oc1-2. The highest BCUT2D eigenvalue weighted by molar-refractivity contribution is 5.86. The molecule has 0 spiro atoms. The van der Waals surface area contributed by atoms with Gasteiger partial charge in [-0.3, -0.25) is 0 Å². The fraction of sp³-hybridized carbons (Fsp3) is 0.273. The number of fused-ring (bicyclic) bond motifs is 3. The molecule has 2 N–H and O–H groups in total. The number of hydrogen-bond acceptors (Lipinski definition) is 5. The van der Waals surface area contributed by atoms with Crippen LogP contribution in [0.3, 0.4) is 0 Å². The summed E-state index contributed by atoms with van der Waals surface area (Å²) in [6, 6.07) is 1.33. The second kappa shape index (κ2) is 3.21. The molecule has 2 heterocycles. The van der Waals surface area contributed by atoms with Crippen LogP contribution in [0.25, 0.3) is 11.5 Å². The molecule has 0 aliphatic heterocycles. The van der Waals surface area contributed by atoms with E-state index in [0.717, 1.165) is 0 Å². The lowest BCUT2D eigenvalue weighted by Gasteiger charge is -2.13. The second-order valence-corrected chi connectivity index (χ2v) is 3.92. The van der Waals surface area contributed by atoms with Crippen LogP contribution in [0.4, 0.5) is 0 Å². The van der Waals surface area contributed by atoms with Crippen LogP contribution >= 0.6 is 0 Å². The van der Waals surface area contributed by atoms with E-state index in [1.807, 2.05) is 0 Å². The van der Waals surface area contributed by atoms with Crippen molar-refractivity contribution in [2.45, 2.75) is 19.4 Å². The molecule has 6 heteroatoms. The third-order valence-corrected chi connectivity index (χ3v) is 2.73. The number of furan rings is 1. The van der Waals surface area contributed by atoms with Crippen LogP contribution in [-0.4, -0.2) is 21.2 Å². The van der Waals surface area contributed by atoms with E-state index >= 15 is 0 Å². The summed E-state index contributed by atoms with van der Waals surface area (Å²) in [6.07, 6.45) is -0.538. The van der Waals surface area contributed by atoms with E-state index in [4.69, 9.17) is 13.9 Å². The first-order valence-electron chi connectivity index (χ1n) is 5.08. The molecule has 0 amide bonds. The Balaban J connectivity index is 2.23. The van der Waals surface area contributed by atoms with E-state index in [-0.39, 0.29) is 17.9 Å². The number of aromatic nitrogens is 1. The molecule has 3 rings (SSSR count). The number of aliphatic hydroxyl groups is 1. The third-order valence-electron chi connectivity index (χ3n) is 2.73. The molecule has 1 atom stereocenters. The van der Waals surface area contributed by atoms with E-state index < -0.39 is 12.1 Å². The van der Waals surface area contributed by atoms with Crippen LogP contribution in [0.5, 0.6) is 0 Å².